The lowest BCUT2D eigenvalue weighted by molar-refractivity contribution is -0.114. The Morgan fingerprint density at radius 3 is 2.52 bits per heavy atom. The van der Waals surface area contributed by atoms with E-state index in [2.05, 4.69) is 0 Å². The van der Waals surface area contributed by atoms with Gasteiger partial charge in [-0.25, -0.2) is 13.6 Å². The van der Waals surface area contributed by atoms with Gasteiger partial charge < -0.3 is 15.4 Å². The summed E-state index contributed by atoms with van der Waals surface area (Å²) in [6.07, 6.45) is 1.67. The number of carbonyl (C=O) groups excluding carboxylic acids is 2. The molecule has 2 aliphatic heterocycles. The van der Waals surface area contributed by atoms with Gasteiger partial charge in [-0.05, 0) is 18.2 Å². The largest absolute Gasteiger partial charge is 0.443 e. The summed E-state index contributed by atoms with van der Waals surface area (Å²) in [5.41, 5.74) is 5.25. The van der Waals surface area contributed by atoms with E-state index in [1.807, 2.05) is 0 Å². The highest BCUT2D eigenvalue weighted by Gasteiger charge is 2.34. The molecule has 1 amide bonds. The average molecular weight is 323 g/mol. The van der Waals surface area contributed by atoms with Crippen molar-refractivity contribution in [1.29, 1.82) is 0 Å². The second-order valence-corrected chi connectivity index (χ2v) is 5.31. The molecule has 0 aliphatic carbocycles. The molecule has 23 heavy (non-hydrogen) atoms. The molecule has 1 fully saturated rings. The highest BCUT2D eigenvalue weighted by atomic mass is 19.2. The molecular weight excluding hydrogens is 308 g/mol. The molecule has 2 aliphatic rings. The van der Waals surface area contributed by atoms with E-state index < -0.39 is 23.8 Å². The molecule has 2 heterocycles. The summed E-state index contributed by atoms with van der Waals surface area (Å²) in [6, 6.07) is 2.69. The van der Waals surface area contributed by atoms with Crippen LogP contribution in [-0.4, -0.2) is 37.6 Å². The quantitative estimate of drug-likeness (QED) is 0.913. The molecule has 6 nitrogen and oxygen atoms in total. The first-order chi connectivity index (χ1) is 11.0. The molecule has 8 heteroatoms. The number of carbonyl (C=O) groups is 2. The van der Waals surface area contributed by atoms with Gasteiger partial charge in [0.2, 0.25) is 0 Å². The van der Waals surface area contributed by atoms with Crippen molar-refractivity contribution in [1.82, 2.24) is 0 Å². The fourth-order valence-corrected chi connectivity index (χ4v) is 2.56. The third-order valence-corrected chi connectivity index (χ3v) is 3.82. The summed E-state index contributed by atoms with van der Waals surface area (Å²) < 4.78 is 33.7. The molecule has 0 saturated carbocycles. The van der Waals surface area contributed by atoms with Crippen LogP contribution in [0.3, 0.4) is 0 Å². The molecule has 1 aromatic rings. The average Bonchev–Trinajstić information content (AvgIpc) is 2.92. The first-order valence-electron chi connectivity index (χ1n) is 7.15. The first-order valence-corrected chi connectivity index (χ1v) is 7.15. The predicted octanol–water partition coefficient (Wildman–Crippen LogP) is 1.54. The third kappa shape index (κ3) is 2.77. The van der Waals surface area contributed by atoms with Crippen molar-refractivity contribution in [2.24, 2.45) is 5.73 Å². The van der Waals surface area contributed by atoms with Crippen molar-refractivity contribution in [2.75, 3.05) is 29.4 Å². The van der Waals surface area contributed by atoms with E-state index in [4.69, 9.17) is 10.5 Å². The minimum absolute atomic E-state index is 0.0120. The topological polar surface area (TPSA) is 75.9 Å². The third-order valence-electron chi connectivity index (χ3n) is 3.82. The van der Waals surface area contributed by atoms with Crippen LogP contribution in [0.15, 0.2) is 24.4 Å². The standard InChI is InChI=1S/C15H15F2N3O3/c16-13-11(19-5-3-9(21)4-6-19)1-2-12(14(13)17)20-8-10(7-18)23-15(20)22/h1-3,5,10H,4,6-8,18H2/t10-/m0/s1. The Morgan fingerprint density at radius 2 is 1.91 bits per heavy atom. The van der Waals surface area contributed by atoms with Gasteiger partial charge in [0.25, 0.3) is 0 Å². The second-order valence-electron chi connectivity index (χ2n) is 5.31. The van der Waals surface area contributed by atoms with E-state index in [9.17, 15) is 18.4 Å². The number of halogens is 2. The lowest BCUT2D eigenvalue weighted by Crippen LogP contribution is -2.29. The summed E-state index contributed by atoms with van der Waals surface area (Å²) >= 11 is 0. The smallest absolute Gasteiger partial charge is 0.414 e. The fraction of sp³-hybridized carbons (Fsp3) is 0.333. The van der Waals surface area contributed by atoms with Gasteiger partial charge in [-0.3, -0.25) is 9.69 Å². The number of nitrogens with two attached hydrogens (primary N) is 1. The Labute approximate surface area is 131 Å². The molecule has 1 saturated heterocycles. The summed E-state index contributed by atoms with van der Waals surface area (Å²) in [5.74, 6) is -2.28. The zero-order valence-electron chi connectivity index (χ0n) is 12.2. The number of benzene rings is 1. The molecule has 2 N–H and O–H groups in total. The van der Waals surface area contributed by atoms with Crippen LogP contribution in [0.2, 0.25) is 0 Å². The highest BCUT2D eigenvalue weighted by Crippen LogP contribution is 2.32. The van der Waals surface area contributed by atoms with Crippen molar-refractivity contribution in [3.8, 4) is 0 Å². The molecule has 0 aromatic heterocycles. The maximum absolute atomic E-state index is 14.4. The van der Waals surface area contributed by atoms with E-state index >= 15 is 0 Å². The van der Waals surface area contributed by atoms with Crippen LogP contribution >= 0.6 is 0 Å². The van der Waals surface area contributed by atoms with Crippen LogP contribution in [0.4, 0.5) is 25.0 Å². The molecule has 0 spiro atoms. The molecule has 0 bridgehead atoms. The van der Waals surface area contributed by atoms with Crippen molar-refractivity contribution >= 4 is 23.3 Å². The number of anilines is 2. The summed E-state index contributed by atoms with van der Waals surface area (Å²) in [4.78, 5) is 25.4. The van der Waals surface area contributed by atoms with Crippen LogP contribution in [0.5, 0.6) is 0 Å². The van der Waals surface area contributed by atoms with Crippen LogP contribution in [0, 0.1) is 11.6 Å². The molecule has 0 radical (unpaired) electrons. The number of amides is 1. The van der Waals surface area contributed by atoms with Gasteiger partial charge in [-0.1, -0.05) is 0 Å². The van der Waals surface area contributed by atoms with Gasteiger partial charge in [0.15, 0.2) is 17.4 Å². The van der Waals surface area contributed by atoms with Crippen LogP contribution < -0.4 is 15.5 Å². The number of ketones is 1. The maximum atomic E-state index is 14.4. The minimum atomic E-state index is -1.14. The molecule has 122 valence electrons. The highest BCUT2D eigenvalue weighted by molar-refractivity contribution is 5.92. The van der Waals surface area contributed by atoms with Crippen LogP contribution in [0.1, 0.15) is 6.42 Å². The van der Waals surface area contributed by atoms with E-state index in [1.54, 1.807) is 0 Å². The molecule has 1 atom stereocenters. The summed E-state index contributed by atoms with van der Waals surface area (Å²) in [7, 11) is 0. The van der Waals surface area contributed by atoms with Crippen molar-refractivity contribution < 1.29 is 23.1 Å². The number of cyclic esters (lactones) is 1. The SMILES string of the molecule is NC[C@H]1CN(c2ccc(N3C=CC(=O)CC3)c(F)c2F)C(=O)O1. The lowest BCUT2D eigenvalue weighted by atomic mass is 10.1. The van der Waals surface area contributed by atoms with E-state index in [1.165, 1.54) is 29.3 Å². The maximum Gasteiger partial charge on any atom is 0.414 e. The number of ether oxygens (including phenoxy) is 1. The minimum Gasteiger partial charge on any atom is -0.443 e. The Balaban J connectivity index is 1.91. The van der Waals surface area contributed by atoms with Crippen molar-refractivity contribution in [3.05, 3.63) is 36.0 Å². The zero-order valence-corrected chi connectivity index (χ0v) is 12.2. The van der Waals surface area contributed by atoms with Crippen molar-refractivity contribution in [2.45, 2.75) is 12.5 Å². The number of nitrogens with zero attached hydrogens (tertiary/aromatic N) is 2. The van der Waals surface area contributed by atoms with Gasteiger partial charge in [0.05, 0.1) is 17.9 Å². The second kappa shape index (κ2) is 5.96. The normalized spacial score (nSPS) is 21.1. The number of hydrogen-bond donors (Lipinski definition) is 1. The van der Waals surface area contributed by atoms with E-state index in [0.29, 0.717) is 0 Å². The Bertz CT molecular complexity index is 693. The first kappa shape index (κ1) is 15.4. The van der Waals surface area contributed by atoms with E-state index in [-0.39, 0.29) is 43.2 Å². The Morgan fingerprint density at radius 1 is 1.22 bits per heavy atom. The monoisotopic (exact) mass is 323 g/mol. The van der Waals surface area contributed by atoms with Crippen LogP contribution in [-0.2, 0) is 9.53 Å². The molecular formula is C15H15F2N3O3. The molecule has 0 unspecified atom stereocenters. The summed E-state index contributed by atoms with van der Waals surface area (Å²) in [5, 5.41) is 0. The number of rotatable bonds is 3. The fourth-order valence-electron chi connectivity index (χ4n) is 2.56. The van der Waals surface area contributed by atoms with Crippen LogP contribution in [0.25, 0.3) is 0 Å². The zero-order chi connectivity index (χ0) is 16.6. The summed E-state index contributed by atoms with van der Waals surface area (Å²) in [6.45, 7) is 0.451. The van der Waals surface area contributed by atoms with Gasteiger partial charge >= 0.3 is 6.09 Å². The van der Waals surface area contributed by atoms with E-state index in [0.717, 1.165) is 4.90 Å². The van der Waals surface area contributed by atoms with Gasteiger partial charge in [0.1, 0.15) is 6.10 Å². The Hall–Kier alpha value is -2.48. The molecule has 3 rings (SSSR count). The number of hydrogen-bond acceptors (Lipinski definition) is 5. The predicted molar refractivity (Wildman–Crippen MR) is 79.1 cm³/mol. The van der Waals surface area contributed by atoms with Crippen molar-refractivity contribution in [3.63, 3.8) is 0 Å². The lowest BCUT2D eigenvalue weighted by Gasteiger charge is -2.24. The Kier molecular flexibility index (Phi) is 3.99. The molecule has 1 aromatic carbocycles. The van der Waals surface area contributed by atoms with Gasteiger partial charge in [-0.15, -0.1) is 0 Å². The van der Waals surface area contributed by atoms with Gasteiger partial charge in [0, 0.05) is 25.7 Å². The number of allylic oxidation sites excluding steroid dienone is 1. The van der Waals surface area contributed by atoms with Gasteiger partial charge in [-0.2, -0.15) is 0 Å².